The van der Waals surface area contributed by atoms with E-state index in [4.69, 9.17) is 11.6 Å². The molecule has 0 bridgehead atoms. The van der Waals surface area contributed by atoms with Crippen molar-refractivity contribution >= 4 is 33.0 Å². The first-order chi connectivity index (χ1) is 13.5. The summed E-state index contributed by atoms with van der Waals surface area (Å²) in [5, 5.41) is 2.51. The molecule has 0 spiro atoms. The van der Waals surface area contributed by atoms with Gasteiger partial charge in [0.15, 0.2) is 0 Å². The first-order valence-corrected chi connectivity index (χ1v) is 12.1. The first kappa shape index (κ1) is 19.4. The predicted octanol–water partition coefficient (Wildman–Crippen LogP) is 5.66. The Hall–Kier alpha value is -1.89. The van der Waals surface area contributed by atoms with Gasteiger partial charge in [0.1, 0.15) is 0 Å². The number of aromatic nitrogens is 1. The van der Waals surface area contributed by atoms with Gasteiger partial charge in [-0.3, -0.25) is 0 Å². The SMILES string of the molecule is O=S(=O)(N=c1scc(-c2ccccc2)n1C1CCCCC1)c1ccc(Cl)cc1. The molecule has 1 aromatic heterocycles. The van der Waals surface area contributed by atoms with Crippen molar-refractivity contribution in [2.24, 2.45) is 4.40 Å². The Balaban J connectivity index is 1.85. The minimum Gasteiger partial charge on any atom is -0.313 e. The number of nitrogens with zero attached hydrogens (tertiary/aromatic N) is 2. The molecule has 0 unspecified atom stereocenters. The van der Waals surface area contributed by atoms with Crippen LogP contribution < -0.4 is 4.80 Å². The van der Waals surface area contributed by atoms with Crippen LogP contribution in [0.2, 0.25) is 5.02 Å². The van der Waals surface area contributed by atoms with Gasteiger partial charge < -0.3 is 4.57 Å². The van der Waals surface area contributed by atoms with E-state index < -0.39 is 10.0 Å². The Kier molecular flexibility index (Phi) is 5.71. The first-order valence-electron chi connectivity index (χ1n) is 9.37. The molecule has 4 nitrogen and oxygen atoms in total. The van der Waals surface area contributed by atoms with Gasteiger partial charge in [-0.2, -0.15) is 8.42 Å². The van der Waals surface area contributed by atoms with E-state index in [1.165, 1.54) is 29.9 Å². The topological polar surface area (TPSA) is 51.4 Å². The van der Waals surface area contributed by atoms with Crippen LogP contribution in [0.15, 0.2) is 69.3 Å². The summed E-state index contributed by atoms with van der Waals surface area (Å²) in [6.45, 7) is 0. The molecule has 1 aliphatic rings. The van der Waals surface area contributed by atoms with Crippen LogP contribution in [0.3, 0.4) is 0 Å². The number of hydrogen-bond acceptors (Lipinski definition) is 3. The van der Waals surface area contributed by atoms with Crippen LogP contribution in [-0.2, 0) is 10.0 Å². The molecule has 4 rings (SSSR count). The molecule has 0 N–H and O–H groups in total. The second-order valence-corrected chi connectivity index (χ2v) is 9.83. The second-order valence-electron chi connectivity index (χ2n) is 6.95. The highest BCUT2D eigenvalue weighted by atomic mass is 35.5. The zero-order valence-corrected chi connectivity index (χ0v) is 17.7. The lowest BCUT2D eigenvalue weighted by Crippen LogP contribution is -2.25. The van der Waals surface area contributed by atoms with Gasteiger partial charge in [0.25, 0.3) is 10.0 Å². The van der Waals surface area contributed by atoms with Gasteiger partial charge in [-0.15, -0.1) is 15.7 Å². The van der Waals surface area contributed by atoms with E-state index in [9.17, 15) is 8.42 Å². The fourth-order valence-corrected chi connectivity index (χ4v) is 5.96. The molecular weight excluding hydrogens is 412 g/mol. The number of sulfonamides is 1. The molecule has 1 saturated carbocycles. The summed E-state index contributed by atoms with van der Waals surface area (Å²) in [5.41, 5.74) is 2.11. The number of halogens is 1. The number of hydrogen-bond donors (Lipinski definition) is 0. The van der Waals surface area contributed by atoms with Crippen LogP contribution in [0, 0.1) is 0 Å². The molecule has 3 aromatic rings. The molecular formula is C21H21ClN2O2S2. The maximum atomic E-state index is 12.9. The van der Waals surface area contributed by atoms with Crippen LogP contribution in [0.5, 0.6) is 0 Å². The summed E-state index contributed by atoms with van der Waals surface area (Å²) in [4.78, 5) is 0.683. The molecule has 0 amide bonds. The van der Waals surface area contributed by atoms with E-state index in [2.05, 4.69) is 21.1 Å². The minimum atomic E-state index is -3.80. The lowest BCUT2D eigenvalue weighted by molar-refractivity contribution is 0.351. The molecule has 0 atom stereocenters. The fourth-order valence-electron chi connectivity index (χ4n) is 3.66. The third-order valence-electron chi connectivity index (χ3n) is 5.06. The standard InChI is InChI=1S/C21H21ClN2O2S2/c22-17-11-13-19(14-12-17)28(25,26)23-21-24(18-9-5-2-6-10-18)20(15-27-21)16-7-3-1-4-8-16/h1,3-4,7-8,11-15,18H,2,5-6,9-10H2. The van der Waals surface area contributed by atoms with Crippen molar-refractivity contribution in [1.29, 1.82) is 0 Å². The highest BCUT2D eigenvalue weighted by molar-refractivity contribution is 7.90. The molecule has 0 aliphatic heterocycles. The van der Waals surface area contributed by atoms with Crippen molar-refractivity contribution in [1.82, 2.24) is 4.57 Å². The van der Waals surface area contributed by atoms with Gasteiger partial charge in [-0.05, 0) is 42.7 Å². The fraction of sp³-hybridized carbons (Fsp3) is 0.286. The molecule has 1 fully saturated rings. The summed E-state index contributed by atoms with van der Waals surface area (Å²) in [5.74, 6) is 0. The molecule has 146 valence electrons. The summed E-state index contributed by atoms with van der Waals surface area (Å²) in [6.07, 6.45) is 5.64. The number of thiazole rings is 1. The Morgan fingerprint density at radius 1 is 0.964 bits per heavy atom. The van der Waals surface area contributed by atoms with Crippen molar-refractivity contribution in [3.63, 3.8) is 0 Å². The van der Waals surface area contributed by atoms with Gasteiger partial charge in [0.05, 0.1) is 10.6 Å². The van der Waals surface area contributed by atoms with E-state index in [1.807, 2.05) is 23.6 Å². The van der Waals surface area contributed by atoms with Gasteiger partial charge in [-0.1, -0.05) is 61.2 Å². The Bertz CT molecular complexity index is 1110. The quantitative estimate of drug-likeness (QED) is 0.533. The van der Waals surface area contributed by atoms with Crippen molar-refractivity contribution in [3.05, 3.63) is 69.8 Å². The van der Waals surface area contributed by atoms with E-state index in [0.29, 0.717) is 9.82 Å². The van der Waals surface area contributed by atoms with E-state index in [1.54, 1.807) is 12.1 Å². The number of rotatable bonds is 4. The van der Waals surface area contributed by atoms with Crippen molar-refractivity contribution in [2.75, 3.05) is 0 Å². The van der Waals surface area contributed by atoms with Gasteiger partial charge in [0.2, 0.25) is 4.80 Å². The maximum Gasteiger partial charge on any atom is 0.285 e. The largest absolute Gasteiger partial charge is 0.313 e. The van der Waals surface area contributed by atoms with Crippen molar-refractivity contribution < 1.29 is 8.42 Å². The van der Waals surface area contributed by atoms with Crippen LogP contribution in [0.4, 0.5) is 0 Å². The van der Waals surface area contributed by atoms with E-state index in [-0.39, 0.29) is 10.9 Å². The number of benzene rings is 2. The Labute approximate surface area is 174 Å². The molecule has 1 heterocycles. The molecule has 1 aliphatic carbocycles. The zero-order valence-electron chi connectivity index (χ0n) is 15.3. The normalized spacial score (nSPS) is 16.4. The maximum absolute atomic E-state index is 12.9. The lowest BCUT2D eigenvalue weighted by atomic mass is 9.95. The Morgan fingerprint density at radius 2 is 1.64 bits per heavy atom. The highest BCUT2D eigenvalue weighted by Gasteiger charge is 2.22. The van der Waals surface area contributed by atoms with Crippen molar-refractivity contribution in [2.45, 2.75) is 43.0 Å². The smallest absolute Gasteiger partial charge is 0.285 e. The summed E-state index contributed by atoms with van der Waals surface area (Å²) in [7, 11) is -3.80. The monoisotopic (exact) mass is 432 g/mol. The third kappa shape index (κ3) is 4.09. The average Bonchev–Trinajstić information content (AvgIpc) is 3.12. The summed E-state index contributed by atoms with van der Waals surface area (Å²) < 4.78 is 32.1. The van der Waals surface area contributed by atoms with Crippen LogP contribution in [-0.4, -0.2) is 13.0 Å². The van der Waals surface area contributed by atoms with Crippen LogP contribution in [0.1, 0.15) is 38.1 Å². The highest BCUT2D eigenvalue weighted by Crippen LogP contribution is 2.32. The second kappa shape index (κ2) is 8.23. The molecule has 28 heavy (non-hydrogen) atoms. The summed E-state index contributed by atoms with van der Waals surface area (Å²) >= 11 is 7.27. The van der Waals surface area contributed by atoms with Gasteiger partial charge >= 0.3 is 0 Å². The van der Waals surface area contributed by atoms with Gasteiger partial charge in [-0.25, -0.2) is 0 Å². The Morgan fingerprint density at radius 3 is 2.32 bits per heavy atom. The average molecular weight is 433 g/mol. The third-order valence-corrected chi connectivity index (χ3v) is 7.55. The predicted molar refractivity (Wildman–Crippen MR) is 114 cm³/mol. The lowest BCUT2D eigenvalue weighted by Gasteiger charge is -2.25. The minimum absolute atomic E-state index is 0.154. The van der Waals surface area contributed by atoms with Crippen molar-refractivity contribution in [3.8, 4) is 11.3 Å². The van der Waals surface area contributed by atoms with E-state index in [0.717, 1.165) is 36.9 Å². The van der Waals surface area contributed by atoms with E-state index >= 15 is 0 Å². The molecule has 7 heteroatoms. The molecule has 0 radical (unpaired) electrons. The van der Waals surface area contributed by atoms with Gasteiger partial charge in [0, 0.05) is 16.4 Å². The summed E-state index contributed by atoms with van der Waals surface area (Å²) in [6, 6.07) is 16.5. The molecule has 0 saturated heterocycles. The van der Waals surface area contributed by atoms with Crippen LogP contribution in [0.25, 0.3) is 11.3 Å². The molecule has 2 aromatic carbocycles. The van der Waals surface area contributed by atoms with Crippen LogP contribution >= 0.6 is 22.9 Å². The zero-order chi connectivity index (χ0) is 19.6.